The lowest BCUT2D eigenvalue weighted by Gasteiger charge is -2.20. The minimum atomic E-state index is -2.51. The predicted molar refractivity (Wildman–Crippen MR) is 41.1 cm³/mol. The van der Waals surface area contributed by atoms with E-state index >= 15 is 0 Å². The molecule has 3 nitrogen and oxygen atoms in total. The number of rotatable bonds is 6. The SMILES string of the molecule is CCC(N)C(CO)OCC(F)F. The number of hydrogen-bond donors (Lipinski definition) is 2. The highest BCUT2D eigenvalue weighted by atomic mass is 19.3. The molecule has 5 heteroatoms. The molecule has 2 unspecified atom stereocenters. The van der Waals surface area contributed by atoms with Crippen LogP contribution >= 0.6 is 0 Å². The number of ether oxygens (including phenoxy) is 1. The highest BCUT2D eigenvalue weighted by Gasteiger charge is 2.17. The molecule has 0 aliphatic carbocycles. The van der Waals surface area contributed by atoms with Crippen LogP contribution in [0.3, 0.4) is 0 Å². The number of aliphatic hydroxyl groups is 1. The van der Waals surface area contributed by atoms with Crippen molar-refractivity contribution >= 4 is 0 Å². The van der Waals surface area contributed by atoms with Gasteiger partial charge in [-0.05, 0) is 6.42 Å². The van der Waals surface area contributed by atoms with Crippen molar-refractivity contribution in [2.45, 2.75) is 31.9 Å². The summed E-state index contributed by atoms with van der Waals surface area (Å²) in [7, 11) is 0. The molecule has 12 heavy (non-hydrogen) atoms. The van der Waals surface area contributed by atoms with Crippen molar-refractivity contribution in [2.24, 2.45) is 5.73 Å². The summed E-state index contributed by atoms with van der Waals surface area (Å²) in [6.07, 6.45) is -2.60. The van der Waals surface area contributed by atoms with E-state index in [4.69, 9.17) is 10.8 Å². The Morgan fingerprint density at radius 3 is 2.42 bits per heavy atom. The molecule has 0 saturated heterocycles. The highest BCUT2D eigenvalue weighted by Crippen LogP contribution is 2.03. The average Bonchev–Trinajstić information content (AvgIpc) is 2.04. The molecule has 0 rings (SSSR count). The van der Waals surface area contributed by atoms with Gasteiger partial charge in [0.05, 0.1) is 12.7 Å². The lowest BCUT2D eigenvalue weighted by Crippen LogP contribution is -2.39. The van der Waals surface area contributed by atoms with E-state index in [9.17, 15) is 8.78 Å². The third kappa shape index (κ3) is 4.58. The average molecular weight is 183 g/mol. The van der Waals surface area contributed by atoms with Crippen molar-refractivity contribution in [2.75, 3.05) is 13.2 Å². The van der Waals surface area contributed by atoms with E-state index in [-0.39, 0.29) is 12.6 Å². The molecule has 0 aromatic heterocycles. The minimum absolute atomic E-state index is 0.318. The van der Waals surface area contributed by atoms with Crippen LogP contribution < -0.4 is 5.73 Å². The van der Waals surface area contributed by atoms with Gasteiger partial charge in [-0.15, -0.1) is 0 Å². The number of alkyl halides is 2. The molecule has 0 aliphatic heterocycles. The first-order valence-corrected chi connectivity index (χ1v) is 3.88. The molecule has 0 aromatic carbocycles. The van der Waals surface area contributed by atoms with Crippen LogP contribution in [0.25, 0.3) is 0 Å². The molecule has 0 fully saturated rings. The molecule has 0 amide bonds. The van der Waals surface area contributed by atoms with Crippen LogP contribution in [0, 0.1) is 0 Å². The van der Waals surface area contributed by atoms with Gasteiger partial charge in [-0.2, -0.15) is 0 Å². The molecule has 0 aromatic rings. The van der Waals surface area contributed by atoms with Crippen LogP contribution in [-0.4, -0.2) is 36.9 Å². The summed E-state index contributed by atoms with van der Waals surface area (Å²) in [6, 6.07) is -0.381. The summed E-state index contributed by atoms with van der Waals surface area (Å²) in [5.74, 6) is 0. The lowest BCUT2D eigenvalue weighted by molar-refractivity contribution is -0.0532. The fourth-order valence-electron chi connectivity index (χ4n) is 0.771. The van der Waals surface area contributed by atoms with Crippen molar-refractivity contribution in [3.05, 3.63) is 0 Å². The van der Waals surface area contributed by atoms with Gasteiger partial charge in [-0.3, -0.25) is 0 Å². The maximum Gasteiger partial charge on any atom is 0.261 e. The molecule has 74 valence electrons. The molecule has 3 N–H and O–H groups in total. The van der Waals surface area contributed by atoms with Gasteiger partial charge in [0.1, 0.15) is 6.61 Å². The second-order valence-electron chi connectivity index (χ2n) is 2.52. The summed E-state index contributed by atoms with van der Waals surface area (Å²) in [6.45, 7) is 0.819. The second-order valence-corrected chi connectivity index (χ2v) is 2.52. The van der Waals surface area contributed by atoms with Gasteiger partial charge in [-0.25, -0.2) is 8.78 Å². The van der Waals surface area contributed by atoms with E-state index in [1.54, 1.807) is 6.92 Å². The first-order chi connectivity index (χ1) is 5.61. The van der Waals surface area contributed by atoms with E-state index in [0.717, 1.165) is 0 Å². The fourth-order valence-corrected chi connectivity index (χ4v) is 0.771. The Kier molecular flexibility index (Phi) is 6.14. The van der Waals surface area contributed by atoms with Gasteiger partial charge < -0.3 is 15.6 Å². The molecule has 0 saturated carbocycles. The van der Waals surface area contributed by atoms with Crippen LogP contribution in [-0.2, 0) is 4.74 Å². The zero-order valence-electron chi connectivity index (χ0n) is 7.04. The summed E-state index contributed by atoms with van der Waals surface area (Å²) < 4.78 is 28.0. The smallest absolute Gasteiger partial charge is 0.261 e. The van der Waals surface area contributed by atoms with Crippen molar-refractivity contribution in [1.82, 2.24) is 0 Å². The summed E-state index contributed by atoms with van der Waals surface area (Å²) in [4.78, 5) is 0. The predicted octanol–water partition coefficient (Wildman–Crippen LogP) is 0.366. The maximum atomic E-state index is 11.7. The van der Waals surface area contributed by atoms with Crippen LogP contribution in [0.4, 0.5) is 8.78 Å². The van der Waals surface area contributed by atoms with Gasteiger partial charge >= 0.3 is 0 Å². The third-order valence-corrected chi connectivity index (χ3v) is 1.57. The quantitative estimate of drug-likeness (QED) is 0.625. The number of hydrogen-bond acceptors (Lipinski definition) is 3. The zero-order chi connectivity index (χ0) is 9.56. The van der Waals surface area contributed by atoms with Crippen molar-refractivity contribution in [3.8, 4) is 0 Å². The van der Waals surface area contributed by atoms with E-state index in [1.165, 1.54) is 0 Å². The second kappa shape index (κ2) is 6.28. The minimum Gasteiger partial charge on any atom is -0.394 e. The van der Waals surface area contributed by atoms with Crippen molar-refractivity contribution in [1.29, 1.82) is 0 Å². The normalized spacial score (nSPS) is 16.5. The van der Waals surface area contributed by atoms with E-state index in [0.29, 0.717) is 6.42 Å². The Labute approximate surface area is 70.5 Å². The van der Waals surface area contributed by atoms with E-state index < -0.39 is 19.1 Å². The van der Waals surface area contributed by atoms with Crippen LogP contribution in [0.15, 0.2) is 0 Å². The molecule has 2 atom stereocenters. The van der Waals surface area contributed by atoms with E-state index in [2.05, 4.69) is 4.74 Å². The Morgan fingerprint density at radius 2 is 2.08 bits per heavy atom. The first-order valence-electron chi connectivity index (χ1n) is 3.88. The van der Waals surface area contributed by atoms with Crippen LogP contribution in [0.5, 0.6) is 0 Å². The zero-order valence-corrected chi connectivity index (χ0v) is 7.04. The fraction of sp³-hybridized carbons (Fsp3) is 1.00. The monoisotopic (exact) mass is 183 g/mol. The standard InChI is InChI=1S/C7H15F2NO2/c1-2-5(10)6(3-11)12-4-7(8)9/h5-7,11H,2-4,10H2,1H3. The van der Waals surface area contributed by atoms with Gasteiger partial charge in [0.15, 0.2) is 0 Å². The van der Waals surface area contributed by atoms with Crippen molar-refractivity contribution in [3.63, 3.8) is 0 Å². The largest absolute Gasteiger partial charge is 0.394 e. The van der Waals surface area contributed by atoms with Crippen LogP contribution in [0.1, 0.15) is 13.3 Å². The molecule has 0 aliphatic rings. The maximum absolute atomic E-state index is 11.7. The highest BCUT2D eigenvalue weighted by molar-refractivity contribution is 4.70. The molecule has 0 bridgehead atoms. The molecular weight excluding hydrogens is 168 g/mol. The number of aliphatic hydroxyl groups excluding tert-OH is 1. The summed E-state index contributed by atoms with van der Waals surface area (Å²) in [5, 5.41) is 8.69. The topological polar surface area (TPSA) is 55.5 Å². The molecule has 0 spiro atoms. The molecule has 0 radical (unpaired) electrons. The summed E-state index contributed by atoms with van der Waals surface area (Å²) >= 11 is 0. The van der Waals surface area contributed by atoms with E-state index in [1.807, 2.05) is 0 Å². The van der Waals surface area contributed by atoms with Gasteiger partial charge in [0.25, 0.3) is 6.43 Å². The van der Waals surface area contributed by atoms with Gasteiger partial charge in [0.2, 0.25) is 0 Å². The first kappa shape index (κ1) is 11.7. The summed E-state index contributed by atoms with van der Waals surface area (Å²) in [5.41, 5.74) is 5.48. The molecular formula is C7H15F2NO2. The Bertz CT molecular complexity index is 114. The third-order valence-electron chi connectivity index (χ3n) is 1.57. The van der Waals surface area contributed by atoms with Gasteiger partial charge in [-0.1, -0.05) is 6.92 Å². The number of halogens is 2. The van der Waals surface area contributed by atoms with Crippen LogP contribution in [0.2, 0.25) is 0 Å². The number of nitrogens with two attached hydrogens (primary N) is 1. The Morgan fingerprint density at radius 1 is 1.50 bits per heavy atom. The Hall–Kier alpha value is -0.260. The van der Waals surface area contributed by atoms with Crippen molar-refractivity contribution < 1.29 is 18.6 Å². The Balaban J connectivity index is 3.67. The van der Waals surface area contributed by atoms with Gasteiger partial charge in [0, 0.05) is 6.04 Å². The lowest BCUT2D eigenvalue weighted by atomic mass is 10.1. The molecule has 0 heterocycles.